The van der Waals surface area contributed by atoms with Gasteiger partial charge in [-0.2, -0.15) is 0 Å². The fourth-order valence-electron chi connectivity index (χ4n) is 6.13. The molecule has 0 fully saturated rings. The van der Waals surface area contributed by atoms with Crippen LogP contribution in [0.4, 0.5) is 0 Å². The number of hydrogen-bond acceptors (Lipinski definition) is 6. The predicted molar refractivity (Wildman–Crippen MR) is 260 cm³/mol. The van der Waals surface area contributed by atoms with E-state index in [9.17, 15) is 14.4 Å². The minimum atomic E-state index is -0.817. The van der Waals surface area contributed by atoms with E-state index >= 15 is 0 Å². The van der Waals surface area contributed by atoms with E-state index in [1.54, 1.807) is 0 Å². The first kappa shape index (κ1) is 57.1. The van der Waals surface area contributed by atoms with Gasteiger partial charge in [0.05, 0.1) is 0 Å². The van der Waals surface area contributed by atoms with E-state index in [-0.39, 0.29) is 37.5 Å². The average molecular weight is 845 g/mol. The normalized spacial score (nSPS) is 13.0. The maximum absolute atomic E-state index is 12.7. The Hall–Kier alpha value is -3.93. The second-order valence-corrected chi connectivity index (χ2v) is 15.6. The van der Waals surface area contributed by atoms with Crippen LogP contribution < -0.4 is 0 Å². The molecule has 0 amide bonds. The third-order valence-corrected chi connectivity index (χ3v) is 9.76. The third-order valence-electron chi connectivity index (χ3n) is 9.76. The van der Waals surface area contributed by atoms with Gasteiger partial charge < -0.3 is 14.2 Å². The van der Waals surface area contributed by atoms with Crippen LogP contribution in [-0.2, 0) is 28.6 Å². The number of carbonyl (C=O) groups excluding carboxylic acids is 3. The second-order valence-electron chi connectivity index (χ2n) is 15.6. The number of rotatable bonds is 42. The van der Waals surface area contributed by atoms with Gasteiger partial charge in [-0.05, 0) is 103 Å². The molecule has 344 valence electrons. The molecule has 0 aliphatic carbocycles. The van der Waals surface area contributed by atoms with E-state index in [1.165, 1.54) is 38.5 Å². The SMILES string of the molecule is CC/C=C\C/C=C\C/C=C\C/C=C\C/C=C\C/C=C\CCC(=O)OCC(COC(=O)CCCCCC/C=C\CCCC)OC(=O)CCCCCCCCC/C=C\C/C=C\CC. The van der Waals surface area contributed by atoms with Gasteiger partial charge in [0.1, 0.15) is 13.2 Å². The molecule has 1 unspecified atom stereocenters. The number of hydrogen-bond donors (Lipinski definition) is 0. The maximum Gasteiger partial charge on any atom is 0.306 e. The molecule has 0 saturated carbocycles. The van der Waals surface area contributed by atoms with Crippen LogP contribution in [0.1, 0.15) is 201 Å². The van der Waals surface area contributed by atoms with E-state index < -0.39 is 6.10 Å². The Morgan fingerprint density at radius 1 is 0.344 bits per heavy atom. The molecule has 0 aliphatic rings. The Labute approximate surface area is 374 Å². The zero-order valence-corrected chi connectivity index (χ0v) is 39.1. The summed E-state index contributed by atoms with van der Waals surface area (Å²) in [5, 5.41) is 0. The second kappa shape index (κ2) is 48.7. The molecule has 0 rings (SSSR count). The number of carbonyl (C=O) groups is 3. The van der Waals surface area contributed by atoms with Crippen LogP contribution in [0.15, 0.2) is 109 Å². The molecule has 0 heterocycles. The molecule has 6 nitrogen and oxygen atoms in total. The highest BCUT2D eigenvalue weighted by atomic mass is 16.6. The van der Waals surface area contributed by atoms with E-state index in [4.69, 9.17) is 14.2 Å². The maximum atomic E-state index is 12.7. The lowest BCUT2D eigenvalue weighted by Crippen LogP contribution is -2.30. The Morgan fingerprint density at radius 2 is 0.672 bits per heavy atom. The van der Waals surface area contributed by atoms with Crippen molar-refractivity contribution in [2.45, 2.75) is 207 Å². The molecule has 0 spiro atoms. The average Bonchev–Trinajstić information content (AvgIpc) is 3.26. The van der Waals surface area contributed by atoms with Gasteiger partial charge in [0.2, 0.25) is 0 Å². The van der Waals surface area contributed by atoms with Gasteiger partial charge >= 0.3 is 17.9 Å². The minimum Gasteiger partial charge on any atom is -0.462 e. The first-order valence-electron chi connectivity index (χ1n) is 24.4. The molecule has 0 bridgehead atoms. The Bertz CT molecular complexity index is 1290. The zero-order chi connectivity index (χ0) is 44.4. The molecule has 61 heavy (non-hydrogen) atoms. The molecule has 0 saturated heterocycles. The zero-order valence-electron chi connectivity index (χ0n) is 39.1. The molecule has 0 radical (unpaired) electrons. The molecule has 0 aromatic carbocycles. The van der Waals surface area contributed by atoms with Crippen LogP contribution in [0.5, 0.6) is 0 Å². The van der Waals surface area contributed by atoms with Gasteiger partial charge in [0, 0.05) is 19.3 Å². The van der Waals surface area contributed by atoms with E-state index in [0.717, 1.165) is 116 Å². The summed E-state index contributed by atoms with van der Waals surface area (Å²) in [6.45, 7) is 6.27. The van der Waals surface area contributed by atoms with Crippen molar-refractivity contribution in [2.75, 3.05) is 13.2 Å². The standard InChI is InChI=1S/C55H88O6/c1-4-7-10-13-16-19-22-24-26-27-28-29-30-32-33-36-39-42-45-48-54(57)60-51-52(50-59-53(56)47-44-41-38-35-21-18-15-12-9-6-3)61-55(58)49-46-43-40-37-34-31-25-23-20-17-14-11-8-5-2/h7-8,10-11,15-20,24,26,28-29,32-33,39,42,52H,4-6,9,12-14,21-23,25,27,30-31,34-38,40-41,43-51H2,1-3H3/b10-7-,11-8-,18-15-,19-16-,20-17-,26-24-,29-28-,33-32-,42-39-. The van der Waals surface area contributed by atoms with Crippen LogP contribution in [0, 0.1) is 0 Å². The summed E-state index contributed by atoms with van der Waals surface area (Å²) >= 11 is 0. The highest BCUT2D eigenvalue weighted by Crippen LogP contribution is 2.13. The van der Waals surface area contributed by atoms with Crippen LogP contribution in [0.25, 0.3) is 0 Å². The molecular formula is C55H88O6. The van der Waals surface area contributed by atoms with Gasteiger partial charge in [-0.3, -0.25) is 14.4 Å². The minimum absolute atomic E-state index is 0.113. The van der Waals surface area contributed by atoms with Gasteiger partial charge in [0.25, 0.3) is 0 Å². The van der Waals surface area contributed by atoms with Gasteiger partial charge in [-0.1, -0.05) is 188 Å². The highest BCUT2D eigenvalue weighted by Gasteiger charge is 2.19. The van der Waals surface area contributed by atoms with E-state index in [2.05, 4.69) is 118 Å². The molecule has 0 aromatic rings. The predicted octanol–water partition coefficient (Wildman–Crippen LogP) is 16.0. The van der Waals surface area contributed by atoms with E-state index in [0.29, 0.717) is 19.3 Å². The highest BCUT2D eigenvalue weighted by molar-refractivity contribution is 5.71. The number of esters is 3. The quantitative estimate of drug-likeness (QED) is 0.0264. The first-order valence-corrected chi connectivity index (χ1v) is 24.4. The fraction of sp³-hybridized carbons (Fsp3) is 0.618. The van der Waals surface area contributed by atoms with Crippen molar-refractivity contribution >= 4 is 17.9 Å². The summed E-state index contributed by atoms with van der Waals surface area (Å²) in [5.41, 5.74) is 0. The summed E-state index contributed by atoms with van der Waals surface area (Å²) in [4.78, 5) is 37.8. The third kappa shape index (κ3) is 47.0. The van der Waals surface area contributed by atoms with Crippen molar-refractivity contribution in [2.24, 2.45) is 0 Å². The van der Waals surface area contributed by atoms with Crippen molar-refractivity contribution in [3.05, 3.63) is 109 Å². The lowest BCUT2D eigenvalue weighted by atomic mass is 10.1. The Kier molecular flexibility index (Phi) is 45.6. The number of ether oxygens (including phenoxy) is 3. The molecule has 0 N–H and O–H groups in total. The topological polar surface area (TPSA) is 78.9 Å². The van der Waals surface area contributed by atoms with Crippen molar-refractivity contribution in [1.82, 2.24) is 0 Å². The fourth-order valence-corrected chi connectivity index (χ4v) is 6.13. The van der Waals surface area contributed by atoms with Crippen molar-refractivity contribution in [3.63, 3.8) is 0 Å². The molecular weight excluding hydrogens is 757 g/mol. The molecule has 1 atom stereocenters. The monoisotopic (exact) mass is 845 g/mol. The lowest BCUT2D eigenvalue weighted by molar-refractivity contribution is -0.166. The molecule has 0 aromatic heterocycles. The molecule has 6 heteroatoms. The van der Waals surface area contributed by atoms with Crippen LogP contribution in [0.3, 0.4) is 0 Å². The Balaban J connectivity index is 4.51. The van der Waals surface area contributed by atoms with Crippen molar-refractivity contribution < 1.29 is 28.6 Å². The van der Waals surface area contributed by atoms with Crippen LogP contribution in [0.2, 0.25) is 0 Å². The van der Waals surface area contributed by atoms with Crippen LogP contribution in [-0.4, -0.2) is 37.2 Å². The van der Waals surface area contributed by atoms with Crippen molar-refractivity contribution in [3.8, 4) is 0 Å². The summed E-state index contributed by atoms with van der Waals surface area (Å²) in [6.07, 6.45) is 65.1. The van der Waals surface area contributed by atoms with Gasteiger partial charge in [-0.15, -0.1) is 0 Å². The first-order chi connectivity index (χ1) is 30.0. The largest absolute Gasteiger partial charge is 0.462 e. The smallest absolute Gasteiger partial charge is 0.306 e. The number of unbranched alkanes of at least 4 members (excludes halogenated alkanes) is 13. The summed E-state index contributed by atoms with van der Waals surface area (Å²) in [6, 6.07) is 0. The summed E-state index contributed by atoms with van der Waals surface area (Å²) in [5.74, 6) is -1.03. The van der Waals surface area contributed by atoms with Gasteiger partial charge in [-0.25, -0.2) is 0 Å². The lowest BCUT2D eigenvalue weighted by Gasteiger charge is -2.18. The van der Waals surface area contributed by atoms with Crippen molar-refractivity contribution in [1.29, 1.82) is 0 Å². The van der Waals surface area contributed by atoms with Crippen LogP contribution >= 0.6 is 0 Å². The molecule has 0 aliphatic heterocycles. The summed E-state index contributed by atoms with van der Waals surface area (Å²) in [7, 11) is 0. The summed E-state index contributed by atoms with van der Waals surface area (Å²) < 4.78 is 16.6. The Morgan fingerprint density at radius 3 is 1.11 bits per heavy atom. The van der Waals surface area contributed by atoms with Gasteiger partial charge in [0.15, 0.2) is 6.10 Å². The van der Waals surface area contributed by atoms with E-state index in [1.807, 2.05) is 12.2 Å². The number of allylic oxidation sites excluding steroid dienone is 18.